The maximum Gasteiger partial charge on any atom is 0.159 e. The van der Waals surface area contributed by atoms with E-state index in [0.29, 0.717) is 23.2 Å². The van der Waals surface area contributed by atoms with Crippen molar-refractivity contribution in [3.8, 4) is 11.1 Å². The third-order valence-corrected chi connectivity index (χ3v) is 3.04. The standard InChI is InChI=1S/C16H16F3N/c1-2-7-20-10-13-8-11(3-5-14(13)17)12-4-6-15(18)16(19)9-12/h3-6,8-9,20H,2,7,10H2,1H3. The molecule has 0 heterocycles. The van der Waals surface area contributed by atoms with E-state index in [-0.39, 0.29) is 5.82 Å². The quantitative estimate of drug-likeness (QED) is 0.806. The fourth-order valence-electron chi connectivity index (χ4n) is 1.97. The Bertz CT molecular complexity index is 596. The lowest BCUT2D eigenvalue weighted by Gasteiger charge is -2.08. The van der Waals surface area contributed by atoms with Gasteiger partial charge in [0.05, 0.1) is 0 Å². The van der Waals surface area contributed by atoms with E-state index >= 15 is 0 Å². The highest BCUT2D eigenvalue weighted by Crippen LogP contribution is 2.24. The summed E-state index contributed by atoms with van der Waals surface area (Å²) in [5.74, 6) is -2.10. The van der Waals surface area contributed by atoms with Gasteiger partial charge in [0, 0.05) is 12.1 Å². The van der Waals surface area contributed by atoms with Crippen LogP contribution in [-0.4, -0.2) is 6.54 Å². The van der Waals surface area contributed by atoms with E-state index in [0.717, 1.165) is 25.1 Å². The molecule has 0 saturated carbocycles. The van der Waals surface area contributed by atoms with Gasteiger partial charge in [0.2, 0.25) is 0 Å². The Kier molecular flexibility index (Phi) is 4.79. The monoisotopic (exact) mass is 279 g/mol. The van der Waals surface area contributed by atoms with Crippen LogP contribution in [-0.2, 0) is 6.54 Å². The van der Waals surface area contributed by atoms with E-state index in [1.165, 1.54) is 12.1 Å². The molecular weight excluding hydrogens is 263 g/mol. The lowest BCUT2D eigenvalue weighted by atomic mass is 10.0. The van der Waals surface area contributed by atoms with Gasteiger partial charge in [-0.3, -0.25) is 0 Å². The van der Waals surface area contributed by atoms with E-state index in [9.17, 15) is 13.2 Å². The third kappa shape index (κ3) is 3.39. The summed E-state index contributed by atoms with van der Waals surface area (Å²) in [5.41, 5.74) is 1.71. The Labute approximate surface area is 116 Å². The van der Waals surface area contributed by atoms with Crippen molar-refractivity contribution in [2.24, 2.45) is 0 Å². The highest BCUT2D eigenvalue weighted by Gasteiger charge is 2.08. The van der Waals surface area contributed by atoms with Gasteiger partial charge in [-0.15, -0.1) is 0 Å². The first kappa shape index (κ1) is 14.6. The van der Waals surface area contributed by atoms with E-state index in [1.54, 1.807) is 12.1 Å². The Morgan fingerprint density at radius 1 is 0.850 bits per heavy atom. The second-order valence-corrected chi connectivity index (χ2v) is 4.61. The molecule has 0 saturated heterocycles. The molecule has 0 aliphatic carbocycles. The summed E-state index contributed by atoms with van der Waals surface area (Å²) < 4.78 is 39.8. The number of hydrogen-bond donors (Lipinski definition) is 1. The predicted molar refractivity (Wildman–Crippen MR) is 73.7 cm³/mol. The first-order chi connectivity index (χ1) is 9.61. The molecule has 0 atom stereocenters. The average Bonchev–Trinajstić information content (AvgIpc) is 2.44. The van der Waals surface area contributed by atoms with Crippen LogP contribution < -0.4 is 5.32 Å². The van der Waals surface area contributed by atoms with Crippen molar-refractivity contribution in [3.63, 3.8) is 0 Å². The minimum absolute atomic E-state index is 0.306. The molecule has 1 N–H and O–H groups in total. The van der Waals surface area contributed by atoms with Crippen LogP contribution in [0.5, 0.6) is 0 Å². The van der Waals surface area contributed by atoms with E-state index in [2.05, 4.69) is 5.32 Å². The van der Waals surface area contributed by atoms with Gasteiger partial charge < -0.3 is 5.32 Å². The van der Waals surface area contributed by atoms with E-state index in [4.69, 9.17) is 0 Å². The molecular formula is C16H16F3N. The van der Waals surface area contributed by atoms with Gasteiger partial charge in [0.1, 0.15) is 5.82 Å². The van der Waals surface area contributed by atoms with Crippen molar-refractivity contribution in [2.45, 2.75) is 19.9 Å². The number of benzene rings is 2. The molecule has 2 rings (SSSR count). The molecule has 0 aliphatic heterocycles. The van der Waals surface area contributed by atoms with Gasteiger partial charge in [-0.25, -0.2) is 13.2 Å². The summed E-state index contributed by atoms with van der Waals surface area (Å²) in [4.78, 5) is 0. The van der Waals surface area contributed by atoms with Crippen molar-refractivity contribution < 1.29 is 13.2 Å². The fourth-order valence-corrected chi connectivity index (χ4v) is 1.97. The van der Waals surface area contributed by atoms with Crippen LogP contribution in [0.2, 0.25) is 0 Å². The molecule has 0 unspecified atom stereocenters. The molecule has 20 heavy (non-hydrogen) atoms. The maximum absolute atomic E-state index is 13.7. The smallest absolute Gasteiger partial charge is 0.159 e. The van der Waals surface area contributed by atoms with Crippen LogP contribution >= 0.6 is 0 Å². The first-order valence-corrected chi connectivity index (χ1v) is 6.56. The number of halogens is 3. The van der Waals surface area contributed by atoms with Gasteiger partial charge in [0.25, 0.3) is 0 Å². The molecule has 1 nitrogen and oxygen atoms in total. The summed E-state index contributed by atoms with van der Waals surface area (Å²) in [5, 5.41) is 3.12. The molecule has 106 valence electrons. The van der Waals surface area contributed by atoms with Crippen LogP contribution in [0.4, 0.5) is 13.2 Å². The molecule has 0 aliphatic rings. The summed E-state index contributed by atoms with van der Waals surface area (Å²) in [6.07, 6.45) is 0.963. The summed E-state index contributed by atoms with van der Waals surface area (Å²) in [6, 6.07) is 8.24. The second kappa shape index (κ2) is 6.57. The molecule has 0 radical (unpaired) electrons. The highest BCUT2D eigenvalue weighted by atomic mass is 19.2. The largest absolute Gasteiger partial charge is 0.313 e. The zero-order chi connectivity index (χ0) is 14.5. The zero-order valence-electron chi connectivity index (χ0n) is 11.2. The molecule has 0 bridgehead atoms. The Morgan fingerprint density at radius 2 is 1.50 bits per heavy atom. The molecule has 2 aromatic carbocycles. The minimum Gasteiger partial charge on any atom is -0.313 e. The number of rotatable bonds is 5. The van der Waals surface area contributed by atoms with Gasteiger partial charge in [-0.05, 0) is 48.4 Å². The zero-order valence-corrected chi connectivity index (χ0v) is 11.2. The molecule has 0 fully saturated rings. The minimum atomic E-state index is -0.905. The van der Waals surface area contributed by atoms with Crippen LogP contribution in [0.15, 0.2) is 36.4 Å². The summed E-state index contributed by atoms with van der Waals surface area (Å²) in [6.45, 7) is 3.24. The van der Waals surface area contributed by atoms with Crippen LogP contribution in [0.1, 0.15) is 18.9 Å². The van der Waals surface area contributed by atoms with Crippen molar-refractivity contribution in [3.05, 3.63) is 59.4 Å². The fraction of sp³-hybridized carbons (Fsp3) is 0.250. The first-order valence-electron chi connectivity index (χ1n) is 6.56. The molecule has 2 aromatic rings. The lowest BCUT2D eigenvalue weighted by molar-refractivity contribution is 0.509. The van der Waals surface area contributed by atoms with Gasteiger partial charge in [0.15, 0.2) is 11.6 Å². The van der Waals surface area contributed by atoms with Gasteiger partial charge in [-0.1, -0.05) is 19.1 Å². The van der Waals surface area contributed by atoms with Gasteiger partial charge >= 0.3 is 0 Å². The van der Waals surface area contributed by atoms with Crippen LogP contribution in [0.3, 0.4) is 0 Å². The number of nitrogens with one attached hydrogen (secondary N) is 1. The SMILES string of the molecule is CCCNCc1cc(-c2ccc(F)c(F)c2)ccc1F. The Morgan fingerprint density at radius 3 is 2.15 bits per heavy atom. The van der Waals surface area contributed by atoms with Crippen LogP contribution in [0, 0.1) is 17.5 Å². The van der Waals surface area contributed by atoms with Crippen LogP contribution in [0.25, 0.3) is 11.1 Å². The summed E-state index contributed by atoms with van der Waals surface area (Å²) >= 11 is 0. The lowest BCUT2D eigenvalue weighted by Crippen LogP contribution is -2.14. The van der Waals surface area contributed by atoms with E-state index < -0.39 is 11.6 Å². The maximum atomic E-state index is 13.7. The Balaban J connectivity index is 2.27. The van der Waals surface area contributed by atoms with E-state index in [1.807, 2.05) is 6.92 Å². The number of hydrogen-bond acceptors (Lipinski definition) is 1. The molecule has 4 heteroatoms. The topological polar surface area (TPSA) is 12.0 Å². The van der Waals surface area contributed by atoms with Crippen molar-refractivity contribution >= 4 is 0 Å². The average molecular weight is 279 g/mol. The second-order valence-electron chi connectivity index (χ2n) is 4.61. The molecule has 0 aromatic heterocycles. The van der Waals surface area contributed by atoms with Crippen molar-refractivity contribution in [2.75, 3.05) is 6.54 Å². The van der Waals surface area contributed by atoms with Crippen molar-refractivity contribution in [1.29, 1.82) is 0 Å². The highest BCUT2D eigenvalue weighted by molar-refractivity contribution is 5.64. The summed E-state index contributed by atoms with van der Waals surface area (Å²) in [7, 11) is 0. The normalized spacial score (nSPS) is 10.8. The van der Waals surface area contributed by atoms with Crippen molar-refractivity contribution in [1.82, 2.24) is 5.32 Å². The Hall–Kier alpha value is -1.81. The molecule has 0 spiro atoms. The predicted octanol–water partition coefficient (Wildman–Crippen LogP) is 4.27. The molecule has 0 amide bonds. The third-order valence-electron chi connectivity index (χ3n) is 3.04. The van der Waals surface area contributed by atoms with Gasteiger partial charge in [-0.2, -0.15) is 0 Å².